The van der Waals surface area contributed by atoms with Crippen LogP contribution in [0, 0.1) is 18.2 Å². The summed E-state index contributed by atoms with van der Waals surface area (Å²) in [6.45, 7) is 1.11. The van der Waals surface area contributed by atoms with Gasteiger partial charge >= 0.3 is 0 Å². The van der Waals surface area contributed by atoms with E-state index in [0.29, 0.717) is 19.1 Å². The molecule has 4 heteroatoms. The van der Waals surface area contributed by atoms with Crippen LogP contribution in [-0.2, 0) is 6.54 Å². The molecule has 0 amide bonds. The van der Waals surface area contributed by atoms with Gasteiger partial charge in [-0.15, -0.1) is 6.42 Å². The molecule has 90 valence electrons. The molecule has 1 N–H and O–H groups in total. The van der Waals surface area contributed by atoms with Gasteiger partial charge in [-0.1, -0.05) is 5.92 Å². The fourth-order valence-electron chi connectivity index (χ4n) is 1.70. The first-order chi connectivity index (χ1) is 8.20. The lowest BCUT2D eigenvalue weighted by Crippen LogP contribution is -2.23. The quantitative estimate of drug-likeness (QED) is 0.782. The van der Waals surface area contributed by atoms with Crippen LogP contribution >= 0.6 is 0 Å². The molecule has 1 aromatic rings. The van der Waals surface area contributed by atoms with E-state index in [4.69, 9.17) is 6.42 Å². The normalized spacial score (nSPS) is 14.4. The van der Waals surface area contributed by atoms with Gasteiger partial charge in [0.25, 0.3) is 0 Å². The molecule has 0 spiro atoms. The van der Waals surface area contributed by atoms with Crippen LogP contribution in [-0.4, -0.2) is 24.6 Å². The molecule has 1 saturated carbocycles. The number of nitrogens with one attached hydrogen (secondary N) is 1. The molecule has 0 aliphatic heterocycles. The molecular weight excluding hydrogens is 217 g/mol. The lowest BCUT2D eigenvalue weighted by atomic mass is 10.2. The second-order valence-electron chi connectivity index (χ2n) is 4.35. The zero-order valence-electron chi connectivity index (χ0n) is 9.91. The van der Waals surface area contributed by atoms with Crippen molar-refractivity contribution >= 4 is 5.82 Å². The zero-order valence-corrected chi connectivity index (χ0v) is 9.91. The minimum Gasteiger partial charge on any atom is -0.348 e. The SMILES string of the molecule is C#CCN(C)c1ncc(F)cc1CNC1CC1. The van der Waals surface area contributed by atoms with Crippen LogP contribution in [0.5, 0.6) is 0 Å². The van der Waals surface area contributed by atoms with E-state index in [1.165, 1.54) is 25.1 Å². The van der Waals surface area contributed by atoms with Crippen LogP contribution in [0.2, 0.25) is 0 Å². The lowest BCUT2D eigenvalue weighted by molar-refractivity contribution is 0.611. The number of nitrogens with zero attached hydrogens (tertiary/aromatic N) is 2. The Morgan fingerprint density at radius 2 is 2.41 bits per heavy atom. The number of hydrogen-bond donors (Lipinski definition) is 1. The zero-order chi connectivity index (χ0) is 12.3. The summed E-state index contributed by atoms with van der Waals surface area (Å²) in [7, 11) is 1.86. The molecule has 17 heavy (non-hydrogen) atoms. The molecule has 2 rings (SSSR count). The van der Waals surface area contributed by atoms with Crippen molar-refractivity contribution in [3.63, 3.8) is 0 Å². The third kappa shape index (κ3) is 3.18. The van der Waals surface area contributed by atoms with Crippen molar-refractivity contribution in [1.29, 1.82) is 0 Å². The number of rotatable bonds is 5. The van der Waals surface area contributed by atoms with Gasteiger partial charge in [0.1, 0.15) is 11.6 Å². The van der Waals surface area contributed by atoms with Crippen molar-refractivity contribution in [2.75, 3.05) is 18.5 Å². The molecule has 3 nitrogen and oxygen atoms in total. The first-order valence-electron chi connectivity index (χ1n) is 5.73. The number of hydrogen-bond acceptors (Lipinski definition) is 3. The molecule has 0 unspecified atom stereocenters. The lowest BCUT2D eigenvalue weighted by Gasteiger charge is -2.19. The first kappa shape index (κ1) is 11.9. The Morgan fingerprint density at radius 3 is 3.06 bits per heavy atom. The van der Waals surface area contributed by atoms with Crippen LogP contribution < -0.4 is 10.2 Å². The monoisotopic (exact) mass is 233 g/mol. The maximum atomic E-state index is 13.2. The summed E-state index contributed by atoms with van der Waals surface area (Å²) in [4.78, 5) is 5.96. The molecule has 0 atom stereocenters. The molecule has 0 aromatic carbocycles. The molecule has 1 heterocycles. The van der Waals surface area contributed by atoms with E-state index >= 15 is 0 Å². The van der Waals surface area contributed by atoms with E-state index in [1.807, 2.05) is 11.9 Å². The predicted molar refractivity (Wildman–Crippen MR) is 66.2 cm³/mol. The van der Waals surface area contributed by atoms with Crippen LogP contribution in [0.15, 0.2) is 12.3 Å². The van der Waals surface area contributed by atoms with Gasteiger partial charge in [-0.2, -0.15) is 0 Å². The molecule has 0 radical (unpaired) electrons. The Hall–Kier alpha value is -1.60. The summed E-state index contributed by atoms with van der Waals surface area (Å²) in [6, 6.07) is 2.11. The van der Waals surface area contributed by atoms with Crippen LogP contribution in [0.1, 0.15) is 18.4 Å². The highest BCUT2D eigenvalue weighted by atomic mass is 19.1. The van der Waals surface area contributed by atoms with Crippen molar-refractivity contribution in [3.8, 4) is 12.3 Å². The van der Waals surface area contributed by atoms with Crippen molar-refractivity contribution in [2.24, 2.45) is 0 Å². The molecule has 1 fully saturated rings. The summed E-state index contributed by atoms with van der Waals surface area (Å²) in [6.07, 6.45) is 8.91. The van der Waals surface area contributed by atoms with Gasteiger partial charge in [0, 0.05) is 25.2 Å². The van der Waals surface area contributed by atoms with Gasteiger partial charge in [-0.25, -0.2) is 9.37 Å². The number of anilines is 1. The largest absolute Gasteiger partial charge is 0.348 e. The number of terminal acetylenes is 1. The number of aromatic nitrogens is 1. The average Bonchev–Trinajstić information content (AvgIpc) is 3.10. The maximum Gasteiger partial charge on any atom is 0.141 e. The van der Waals surface area contributed by atoms with E-state index in [-0.39, 0.29) is 5.82 Å². The molecule has 1 aliphatic rings. The molecule has 0 bridgehead atoms. The summed E-state index contributed by atoms with van der Waals surface area (Å²) in [5.74, 6) is 2.99. The average molecular weight is 233 g/mol. The second-order valence-corrected chi connectivity index (χ2v) is 4.35. The van der Waals surface area contributed by atoms with Gasteiger partial charge in [-0.3, -0.25) is 0 Å². The van der Waals surface area contributed by atoms with Gasteiger partial charge in [0.05, 0.1) is 12.7 Å². The van der Waals surface area contributed by atoms with Gasteiger partial charge in [-0.05, 0) is 18.9 Å². The number of halogens is 1. The van der Waals surface area contributed by atoms with Crippen LogP contribution in [0.4, 0.5) is 10.2 Å². The summed E-state index contributed by atoms with van der Waals surface area (Å²) in [5, 5.41) is 3.35. The third-order valence-corrected chi connectivity index (χ3v) is 2.76. The molecule has 0 saturated heterocycles. The Balaban J connectivity index is 2.13. The second kappa shape index (κ2) is 5.15. The molecule has 1 aromatic heterocycles. The fourth-order valence-corrected chi connectivity index (χ4v) is 1.70. The van der Waals surface area contributed by atoms with E-state index in [1.54, 1.807) is 0 Å². The van der Waals surface area contributed by atoms with Crippen molar-refractivity contribution in [3.05, 3.63) is 23.6 Å². The third-order valence-electron chi connectivity index (χ3n) is 2.76. The van der Waals surface area contributed by atoms with Gasteiger partial charge in [0.2, 0.25) is 0 Å². The highest BCUT2D eigenvalue weighted by molar-refractivity contribution is 5.47. The molecular formula is C13H16FN3. The highest BCUT2D eigenvalue weighted by Gasteiger charge is 2.21. The summed E-state index contributed by atoms with van der Waals surface area (Å²) < 4.78 is 13.2. The van der Waals surface area contributed by atoms with E-state index in [2.05, 4.69) is 16.2 Å². The van der Waals surface area contributed by atoms with E-state index in [9.17, 15) is 4.39 Å². The van der Waals surface area contributed by atoms with Gasteiger partial charge < -0.3 is 10.2 Å². The standard InChI is InChI=1S/C13H16FN3/c1-3-6-17(2)13-10(7-11(14)9-16-13)8-15-12-4-5-12/h1,7,9,12,15H,4-6,8H2,2H3. The fraction of sp³-hybridized carbons (Fsp3) is 0.462. The molecule has 1 aliphatic carbocycles. The van der Waals surface area contributed by atoms with Crippen molar-refractivity contribution < 1.29 is 4.39 Å². The minimum absolute atomic E-state index is 0.310. The Bertz CT molecular complexity index is 435. The van der Waals surface area contributed by atoms with E-state index in [0.717, 1.165) is 11.4 Å². The highest BCUT2D eigenvalue weighted by Crippen LogP contribution is 2.22. The maximum absolute atomic E-state index is 13.2. The first-order valence-corrected chi connectivity index (χ1v) is 5.73. The minimum atomic E-state index is -0.310. The predicted octanol–water partition coefficient (Wildman–Crippen LogP) is 1.54. The Labute approximate surface area is 101 Å². The summed E-state index contributed by atoms with van der Waals surface area (Å²) >= 11 is 0. The van der Waals surface area contributed by atoms with Crippen LogP contribution in [0.25, 0.3) is 0 Å². The Morgan fingerprint density at radius 1 is 1.65 bits per heavy atom. The number of pyridine rings is 1. The smallest absolute Gasteiger partial charge is 0.141 e. The van der Waals surface area contributed by atoms with E-state index < -0.39 is 0 Å². The topological polar surface area (TPSA) is 28.2 Å². The summed E-state index contributed by atoms with van der Waals surface area (Å²) in [5.41, 5.74) is 0.856. The van der Waals surface area contributed by atoms with Crippen LogP contribution in [0.3, 0.4) is 0 Å². The van der Waals surface area contributed by atoms with Crippen molar-refractivity contribution in [2.45, 2.75) is 25.4 Å². The van der Waals surface area contributed by atoms with Gasteiger partial charge in [0.15, 0.2) is 0 Å². The Kier molecular flexibility index (Phi) is 3.60. The van der Waals surface area contributed by atoms with Crippen molar-refractivity contribution in [1.82, 2.24) is 10.3 Å².